The minimum absolute atomic E-state index is 0.0468. The Balaban J connectivity index is 3.58. The van der Waals surface area contributed by atoms with E-state index in [1.54, 1.807) is 0 Å². The van der Waals surface area contributed by atoms with E-state index in [-0.39, 0.29) is 12.1 Å². The van der Waals surface area contributed by atoms with Crippen molar-refractivity contribution in [2.75, 3.05) is 0 Å². The summed E-state index contributed by atoms with van der Waals surface area (Å²) >= 11 is 0. The Kier molecular flexibility index (Phi) is 3.49. The summed E-state index contributed by atoms with van der Waals surface area (Å²) in [5.74, 6) is -2.10. The molecule has 19 heavy (non-hydrogen) atoms. The predicted molar refractivity (Wildman–Crippen MR) is 46.0 cm³/mol. The molecular formula is C10H3F8N. The normalized spacial score (nSPS) is 13.2. The van der Waals surface area contributed by atoms with E-state index in [0.29, 0.717) is 6.07 Å². The molecule has 104 valence electrons. The van der Waals surface area contributed by atoms with Gasteiger partial charge in [0.15, 0.2) is 0 Å². The van der Waals surface area contributed by atoms with Gasteiger partial charge in [-0.3, -0.25) is 0 Å². The van der Waals surface area contributed by atoms with Crippen molar-refractivity contribution in [2.24, 2.45) is 0 Å². The van der Waals surface area contributed by atoms with Crippen LogP contribution in [0.5, 0.6) is 0 Å². The maximum atomic E-state index is 13.5. The van der Waals surface area contributed by atoms with Crippen LogP contribution in [0.25, 0.3) is 0 Å². The van der Waals surface area contributed by atoms with Crippen molar-refractivity contribution in [3.05, 3.63) is 35.1 Å². The Morgan fingerprint density at radius 3 is 1.68 bits per heavy atom. The van der Waals surface area contributed by atoms with Crippen molar-refractivity contribution < 1.29 is 35.1 Å². The second kappa shape index (κ2) is 4.36. The van der Waals surface area contributed by atoms with E-state index in [2.05, 4.69) is 0 Å². The van der Waals surface area contributed by atoms with E-state index >= 15 is 0 Å². The summed E-state index contributed by atoms with van der Waals surface area (Å²) in [6.45, 7) is 0. The van der Waals surface area contributed by atoms with Gasteiger partial charge in [0.25, 0.3) is 0 Å². The third-order valence-corrected chi connectivity index (χ3v) is 2.25. The first-order valence-electron chi connectivity index (χ1n) is 4.47. The van der Waals surface area contributed by atoms with Gasteiger partial charge in [-0.15, -0.1) is 0 Å². The highest BCUT2D eigenvalue weighted by molar-refractivity contribution is 5.37. The largest absolute Gasteiger partial charge is 0.436 e. The number of halogens is 8. The van der Waals surface area contributed by atoms with Crippen LogP contribution in [-0.2, 0) is 5.67 Å². The zero-order valence-corrected chi connectivity index (χ0v) is 8.70. The summed E-state index contributed by atoms with van der Waals surface area (Å²) in [4.78, 5) is 0. The van der Waals surface area contributed by atoms with Crippen molar-refractivity contribution in [1.29, 1.82) is 5.26 Å². The van der Waals surface area contributed by atoms with E-state index in [1.807, 2.05) is 0 Å². The quantitative estimate of drug-likeness (QED) is 0.717. The second-order valence-electron chi connectivity index (χ2n) is 3.46. The molecule has 0 bridgehead atoms. The maximum Gasteiger partial charge on any atom is 0.436 e. The molecule has 0 aliphatic rings. The molecule has 0 fully saturated rings. The average molecular weight is 289 g/mol. The first kappa shape index (κ1) is 15.2. The van der Waals surface area contributed by atoms with Crippen LogP contribution >= 0.6 is 0 Å². The van der Waals surface area contributed by atoms with Crippen LogP contribution in [0.3, 0.4) is 0 Å². The first-order valence-corrected chi connectivity index (χ1v) is 4.47. The third-order valence-electron chi connectivity index (χ3n) is 2.25. The molecule has 9 heteroatoms. The van der Waals surface area contributed by atoms with Crippen molar-refractivity contribution in [2.45, 2.75) is 18.0 Å². The van der Waals surface area contributed by atoms with Gasteiger partial charge in [0.2, 0.25) is 0 Å². The summed E-state index contributed by atoms with van der Waals surface area (Å²) in [6.07, 6.45) is -12.8. The maximum absolute atomic E-state index is 13.5. The lowest BCUT2D eigenvalue weighted by Crippen LogP contribution is -2.50. The zero-order valence-electron chi connectivity index (χ0n) is 8.70. The number of nitriles is 1. The van der Waals surface area contributed by atoms with Crippen molar-refractivity contribution in [3.8, 4) is 6.07 Å². The van der Waals surface area contributed by atoms with Gasteiger partial charge >= 0.3 is 18.0 Å². The standard InChI is InChI=1S/C10H3F8N/c11-7-3-5(4-19)1-2-6(7)8(12,9(13,14)15)10(16,17)18/h1-3H. The molecule has 0 heterocycles. The van der Waals surface area contributed by atoms with Crippen molar-refractivity contribution in [1.82, 2.24) is 0 Å². The number of nitrogens with zero attached hydrogens (tertiary/aromatic N) is 1. The van der Waals surface area contributed by atoms with Crippen molar-refractivity contribution >= 4 is 0 Å². The molecule has 0 saturated carbocycles. The number of alkyl halides is 7. The summed E-state index contributed by atoms with van der Waals surface area (Å²) in [5.41, 5.74) is -8.60. The van der Waals surface area contributed by atoms with Crippen LogP contribution in [0.4, 0.5) is 35.1 Å². The fourth-order valence-corrected chi connectivity index (χ4v) is 1.33. The number of rotatable bonds is 1. The Labute approximate surface area is 101 Å². The molecular weight excluding hydrogens is 286 g/mol. The van der Waals surface area contributed by atoms with Crippen LogP contribution in [-0.4, -0.2) is 12.4 Å². The van der Waals surface area contributed by atoms with Crippen LogP contribution in [0, 0.1) is 17.1 Å². The second-order valence-corrected chi connectivity index (χ2v) is 3.46. The van der Waals surface area contributed by atoms with Crippen LogP contribution in [0.1, 0.15) is 11.1 Å². The van der Waals surface area contributed by atoms with E-state index in [4.69, 9.17) is 5.26 Å². The Morgan fingerprint density at radius 1 is 0.895 bits per heavy atom. The highest BCUT2D eigenvalue weighted by Gasteiger charge is 2.74. The first-order chi connectivity index (χ1) is 8.45. The van der Waals surface area contributed by atoms with Gasteiger partial charge in [-0.1, -0.05) is 6.07 Å². The SMILES string of the molecule is N#Cc1ccc(C(F)(C(F)(F)F)C(F)(F)F)c(F)c1. The van der Waals surface area contributed by atoms with Crippen LogP contribution in [0.2, 0.25) is 0 Å². The minimum Gasteiger partial charge on any atom is -0.218 e. The molecule has 0 spiro atoms. The number of benzene rings is 1. The monoisotopic (exact) mass is 289 g/mol. The summed E-state index contributed by atoms with van der Waals surface area (Å²) in [6, 6.07) is 1.81. The molecule has 0 aliphatic heterocycles. The molecule has 0 atom stereocenters. The highest BCUT2D eigenvalue weighted by Crippen LogP contribution is 2.53. The molecule has 0 aromatic heterocycles. The summed E-state index contributed by atoms with van der Waals surface area (Å²) in [5, 5.41) is 8.32. The fourth-order valence-electron chi connectivity index (χ4n) is 1.33. The van der Waals surface area contributed by atoms with Gasteiger partial charge in [0.05, 0.1) is 11.6 Å². The van der Waals surface area contributed by atoms with Crippen LogP contribution in [0.15, 0.2) is 18.2 Å². The number of hydrogen-bond donors (Lipinski definition) is 0. The van der Waals surface area contributed by atoms with Gasteiger partial charge in [0.1, 0.15) is 5.82 Å². The summed E-state index contributed by atoms with van der Waals surface area (Å²) < 4.78 is 101. The molecule has 0 radical (unpaired) electrons. The molecule has 0 saturated heterocycles. The molecule has 1 aromatic carbocycles. The Bertz CT molecular complexity index is 508. The minimum atomic E-state index is -6.39. The van der Waals surface area contributed by atoms with E-state index in [0.717, 1.165) is 0 Å². The van der Waals surface area contributed by atoms with Gasteiger partial charge in [0, 0.05) is 5.56 Å². The zero-order chi connectivity index (χ0) is 15.1. The lowest BCUT2D eigenvalue weighted by molar-refractivity contribution is -0.349. The molecule has 1 aromatic rings. The fraction of sp³-hybridized carbons (Fsp3) is 0.300. The predicted octanol–water partition coefficient (Wildman–Crippen LogP) is 3.99. The Morgan fingerprint density at radius 2 is 1.37 bits per heavy atom. The van der Waals surface area contributed by atoms with E-state index < -0.39 is 35.0 Å². The molecule has 0 amide bonds. The van der Waals surface area contributed by atoms with Gasteiger partial charge < -0.3 is 0 Å². The lowest BCUT2D eigenvalue weighted by Gasteiger charge is -2.30. The topological polar surface area (TPSA) is 23.8 Å². The Hall–Kier alpha value is -1.85. The smallest absolute Gasteiger partial charge is 0.218 e. The lowest BCUT2D eigenvalue weighted by atomic mass is 9.93. The van der Waals surface area contributed by atoms with Crippen LogP contribution < -0.4 is 0 Å². The van der Waals surface area contributed by atoms with E-state index in [9.17, 15) is 35.1 Å². The molecule has 1 nitrogen and oxygen atoms in total. The third kappa shape index (κ3) is 2.34. The molecule has 0 unspecified atom stereocenters. The van der Waals surface area contributed by atoms with Gasteiger partial charge in [-0.25, -0.2) is 8.78 Å². The summed E-state index contributed by atoms with van der Waals surface area (Å²) in [7, 11) is 0. The van der Waals surface area contributed by atoms with Gasteiger partial charge in [-0.05, 0) is 12.1 Å². The number of hydrogen-bond acceptors (Lipinski definition) is 1. The molecule has 1 rings (SSSR count). The average Bonchev–Trinajstić information content (AvgIpc) is 2.24. The van der Waals surface area contributed by atoms with Gasteiger partial charge in [-0.2, -0.15) is 31.6 Å². The highest BCUT2D eigenvalue weighted by atomic mass is 19.4. The molecule has 0 N–H and O–H groups in total. The molecule has 0 aliphatic carbocycles. The van der Waals surface area contributed by atoms with E-state index in [1.165, 1.54) is 6.07 Å². The van der Waals surface area contributed by atoms with Crippen molar-refractivity contribution in [3.63, 3.8) is 0 Å².